The third-order valence-corrected chi connectivity index (χ3v) is 7.10. The average molecular weight is 449 g/mol. The molecule has 0 atom stereocenters. The number of aryl methyl sites for hydroxylation is 1. The molecule has 2 aromatic carbocycles. The Kier molecular flexibility index (Phi) is 6.63. The van der Waals surface area contributed by atoms with Crippen molar-refractivity contribution in [1.29, 1.82) is 0 Å². The second-order valence-corrected chi connectivity index (χ2v) is 9.22. The van der Waals surface area contributed by atoms with Gasteiger partial charge in [-0.1, -0.05) is 24.6 Å². The number of anilines is 1. The minimum absolute atomic E-state index is 0.0808. The molecule has 33 heavy (non-hydrogen) atoms. The molecule has 1 fully saturated rings. The van der Waals surface area contributed by atoms with Gasteiger partial charge in [-0.2, -0.15) is 0 Å². The van der Waals surface area contributed by atoms with Crippen molar-refractivity contribution in [3.63, 3.8) is 0 Å². The Morgan fingerprint density at radius 2 is 1.64 bits per heavy atom. The maximum atomic E-state index is 13.2. The molecule has 0 unspecified atom stereocenters. The SMILES string of the molecule is O=C1NCCCc2c1c1ccccc1n2CCCCCN1CCN(c2ccc(F)cc2)CC1. The first kappa shape index (κ1) is 22.0. The molecular weight excluding hydrogens is 415 g/mol. The summed E-state index contributed by atoms with van der Waals surface area (Å²) in [7, 11) is 0. The molecule has 0 radical (unpaired) electrons. The molecule has 5 nitrogen and oxygen atoms in total. The number of piperazine rings is 1. The lowest BCUT2D eigenvalue weighted by atomic mass is 10.1. The van der Waals surface area contributed by atoms with Gasteiger partial charge in [0.1, 0.15) is 5.82 Å². The smallest absolute Gasteiger partial charge is 0.253 e. The van der Waals surface area contributed by atoms with Gasteiger partial charge in [-0.25, -0.2) is 4.39 Å². The van der Waals surface area contributed by atoms with Crippen LogP contribution in [0, 0.1) is 5.82 Å². The Labute approximate surface area is 195 Å². The van der Waals surface area contributed by atoms with E-state index in [1.807, 2.05) is 18.2 Å². The standard InChI is InChI=1S/C27H33FN4O/c28-21-10-12-22(13-11-21)31-19-17-30(18-20-31)15-4-1-5-16-32-24-8-3-2-7-23(24)26-25(32)9-6-14-29-27(26)33/h2-3,7-8,10-13H,1,4-6,9,14-20H2,(H,29,33). The van der Waals surface area contributed by atoms with Crippen molar-refractivity contribution in [2.75, 3.05) is 44.2 Å². The molecule has 1 amide bonds. The molecule has 0 spiro atoms. The number of carbonyl (C=O) groups excluding carboxylic acids is 1. The molecule has 3 aromatic rings. The quantitative estimate of drug-likeness (QED) is 0.543. The fourth-order valence-electron chi connectivity index (χ4n) is 5.33. The minimum atomic E-state index is -0.176. The molecule has 174 valence electrons. The third kappa shape index (κ3) is 4.76. The molecule has 0 bridgehead atoms. The normalized spacial score (nSPS) is 17.1. The topological polar surface area (TPSA) is 40.5 Å². The molecule has 0 saturated carbocycles. The van der Waals surface area contributed by atoms with Crippen LogP contribution < -0.4 is 10.2 Å². The number of nitrogens with one attached hydrogen (secondary N) is 1. The molecule has 1 N–H and O–H groups in total. The number of unbranched alkanes of at least 4 members (excludes halogenated alkanes) is 2. The van der Waals surface area contributed by atoms with E-state index >= 15 is 0 Å². The van der Waals surface area contributed by atoms with E-state index in [1.54, 1.807) is 12.1 Å². The van der Waals surface area contributed by atoms with Crippen LogP contribution in [-0.4, -0.2) is 54.6 Å². The Morgan fingerprint density at radius 3 is 2.45 bits per heavy atom. The number of amides is 1. The first-order valence-corrected chi connectivity index (χ1v) is 12.3. The Bertz CT molecular complexity index is 1100. The summed E-state index contributed by atoms with van der Waals surface area (Å²) < 4.78 is 15.6. The van der Waals surface area contributed by atoms with Gasteiger partial charge in [-0.3, -0.25) is 9.69 Å². The minimum Gasteiger partial charge on any atom is -0.369 e. The van der Waals surface area contributed by atoms with Gasteiger partial charge in [0.15, 0.2) is 0 Å². The number of fused-ring (bicyclic) bond motifs is 3. The molecule has 1 aromatic heterocycles. The van der Waals surface area contributed by atoms with Gasteiger partial charge in [0.2, 0.25) is 0 Å². The largest absolute Gasteiger partial charge is 0.369 e. The van der Waals surface area contributed by atoms with Crippen molar-refractivity contribution in [1.82, 2.24) is 14.8 Å². The van der Waals surface area contributed by atoms with Crippen LogP contribution in [0.15, 0.2) is 48.5 Å². The number of nitrogens with zero attached hydrogens (tertiary/aromatic N) is 3. The molecule has 1 saturated heterocycles. The average Bonchev–Trinajstić information content (AvgIpc) is 3.02. The number of hydrogen-bond donors (Lipinski definition) is 1. The van der Waals surface area contributed by atoms with Crippen LogP contribution in [-0.2, 0) is 13.0 Å². The van der Waals surface area contributed by atoms with Gasteiger partial charge in [-0.15, -0.1) is 0 Å². The van der Waals surface area contributed by atoms with Gasteiger partial charge >= 0.3 is 0 Å². The zero-order valence-electron chi connectivity index (χ0n) is 19.2. The van der Waals surface area contributed by atoms with Crippen LogP contribution in [0.2, 0.25) is 0 Å². The van der Waals surface area contributed by atoms with Gasteiger partial charge < -0.3 is 14.8 Å². The Balaban J connectivity index is 1.12. The van der Waals surface area contributed by atoms with Crippen LogP contribution in [0.3, 0.4) is 0 Å². The summed E-state index contributed by atoms with van der Waals surface area (Å²) in [5, 5.41) is 4.15. The summed E-state index contributed by atoms with van der Waals surface area (Å²) in [5.41, 5.74) is 4.41. The molecule has 0 aliphatic carbocycles. The second kappa shape index (κ2) is 9.96. The summed E-state index contributed by atoms with van der Waals surface area (Å²) in [6.45, 7) is 6.97. The predicted molar refractivity (Wildman–Crippen MR) is 131 cm³/mol. The second-order valence-electron chi connectivity index (χ2n) is 9.22. The molecule has 6 heteroatoms. The van der Waals surface area contributed by atoms with Gasteiger partial charge in [0.25, 0.3) is 5.91 Å². The summed E-state index contributed by atoms with van der Waals surface area (Å²) in [6, 6.07) is 15.2. The molecule has 3 heterocycles. The van der Waals surface area contributed by atoms with E-state index in [-0.39, 0.29) is 11.7 Å². The predicted octanol–water partition coefficient (Wildman–Crippen LogP) is 4.45. The number of aromatic nitrogens is 1. The van der Waals surface area contributed by atoms with Crippen molar-refractivity contribution in [2.45, 2.75) is 38.6 Å². The maximum absolute atomic E-state index is 13.2. The zero-order valence-corrected chi connectivity index (χ0v) is 19.2. The summed E-state index contributed by atoms with van der Waals surface area (Å²) in [5.74, 6) is -0.0955. The molecule has 2 aliphatic rings. The van der Waals surface area contributed by atoms with Crippen molar-refractivity contribution in [2.24, 2.45) is 0 Å². The van der Waals surface area contributed by atoms with E-state index in [9.17, 15) is 9.18 Å². The monoisotopic (exact) mass is 448 g/mol. The summed E-state index contributed by atoms with van der Waals surface area (Å²) in [4.78, 5) is 17.5. The number of hydrogen-bond acceptors (Lipinski definition) is 3. The van der Waals surface area contributed by atoms with E-state index in [0.29, 0.717) is 0 Å². The summed E-state index contributed by atoms with van der Waals surface area (Å²) >= 11 is 0. The van der Waals surface area contributed by atoms with Crippen LogP contribution in [0.4, 0.5) is 10.1 Å². The molecular formula is C27H33FN4O. The van der Waals surface area contributed by atoms with E-state index < -0.39 is 0 Å². The first-order valence-electron chi connectivity index (χ1n) is 12.3. The lowest BCUT2D eigenvalue weighted by Crippen LogP contribution is -2.46. The van der Waals surface area contributed by atoms with Crippen LogP contribution in [0.25, 0.3) is 10.9 Å². The van der Waals surface area contributed by atoms with Gasteiger partial charge in [0, 0.05) is 61.6 Å². The van der Waals surface area contributed by atoms with Crippen molar-refractivity contribution < 1.29 is 9.18 Å². The molecule has 2 aliphatic heterocycles. The molecule has 5 rings (SSSR count). The highest BCUT2D eigenvalue weighted by atomic mass is 19.1. The Hall–Kier alpha value is -2.86. The zero-order chi connectivity index (χ0) is 22.6. The first-order chi connectivity index (χ1) is 16.2. The van der Waals surface area contributed by atoms with Crippen molar-refractivity contribution in [3.05, 3.63) is 65.6 Å². The van der Waals surface area contributed by atoms with Crippen LogP contribution in [0.5, 0.6) is 0 Å². The number of benzene rings is 2. The van der Waals surface area contributed by atoms with Gasteiger partial charge in [-0.05, 0) is 62.6 Å². The lowest BCUT2D eigenvalue weighted by Gasteiger charge is -2.36. The van der Waals surface area contributed by atoms with Crippen molar-refractivity contribution >= 4 is 22.5 Å². The summed E-state index contributed by atoms with van der Waals surface area (Å²) in [6.07, 6.45) is 5.46. The van der Waals surface area contributed by atoms with Gasteiger partial charge in [0.05, 0.1) is 5.56 Å². The van der Waals surface area contributed by atoms with E-state index in [0.717, 1.165) is 81.7 Å². The Morgan fingerprint density at radius 1 is 0.879 bits per heavy atom. The number of halogens is 1. The number of carbonyl (C=O) groups is 1. The maximum Gasteiger partial charge on any atom is 0.253 e. The lowest BCUT2D eigenvalue weighted by molar-refractivity contribution is 0.0957. The van der Waals surface area contributed by atoms with E-state index in [2.05, 4.69) is 37.9 Å². The third-order valence-electron chi connectivity index (χ3n) is 7.10. The highest BCUT2D eigenvalue weighted by Gasteiger charge is 2.24. The number of para-hydroxylation sites is 1. The van der Waals surface area contributed by atoms with E-state index in [4.69, 9.17) is 0 Å². The van der Waals surface area contributed by atoms with Crippen LogP contribution in [0.1, 0.15) is 41.7 Å². The van der Waals surface area contributed by atoms with E-state index in [1.165, 1.54) is 24.1 Å². The fourth-order valence-corrected chi connectivity index (χ4v) is 5.33. The fraction of sp³-hybridized carbons (Fsp3) is 0.444. The van der Waals surface area contributed by atoms with Crippen molar-refractivity contribution in [3.8, 4) is 0 Å². The number of rotatable bonds is 7. The van der Waals surface area contributed by atoms with Crippen LogP contribution >= 0.6 is 0 Å². The highest BCUT2D eigenvalue weighted by Crippen LogP contribution is 2.29. The highest BCUT2D eigenvalue weighted by molar-refractivity contribution is 6.08.